The predicted octanol–water partition coefficient (Wildman–Crippen LogP) is -1.90. The third-order valence-corrected chi connectivity index (χ3v) is 5.69. The molecule has 0 spiro atoms. The van der Waals surface area contributed by atoms with Crippen LogP contribution in [-0.2, 0) is 20.8 Å². The minimum Gasteiger partial charge on any atom is -0.368 e. The standard InChI is InChI=1S/C16H22N6O4S/c17-10(15(25)22-3-1-2-12(22)14(18)24)4-9-5-21(8-19-9)16(26)11-6-27-7-13(23)20-11/h5,8,10-12H,1-4,6-7,17H2,(H2,18,24)(H,20,23)/t10-,11?,12-/m0/s1. The first-order valence-electron chi connectivity index (χ1n) is 8.66. The Morgan fingerprint density at radius 3 is 2.89 bits per heavy atom. The van der Waals surface area contributed by atoms with Gasteiger partial charge in [-0.3, -0.25) is 23.7 Å². The van der Waals surface area contributed by atoms with E-state index in [4.69, 9.17) is 11.5 Å². The van der Waals surface area contributed by atoms with Crippen LogP contribution < -0.4 is 16.8 Å². The molecule has 1 aromatic heterocycles. The zero-order valence-electron chi connectivity index (χ0n) is 14.7. The van der Waals surface area contributed by atoms with Gasteiger partial charge in [0.25, 0.3) is 5.91 Å². The van der Waals surface area contributed by atoms with E-state index in [2.05, 4.69) is 10.3 Å². The molecule has 0 aromatic carbocycles. The summed E-state index contributed by atoms with van der Waals surface area (Å²) in [5, 5.41) is 2.65. The largest absolute Gasteiger partial charge is 0.368 e. The fourth-order valence-corrected chi connectivity index (χ4v) is 4.15. The van der Waals surface area contributed by atoms with Gasteiger partial charge in [-0.15, -0.1) is 11.8 Å². The second kappa shape index (κ2) is 8.09. The van der Waals surface area contributed by atoms with E-state index in [1.165, 1.54) is 33.8 Å². The molecule has 146 valence electrons. The van der Waals surface area contributed by atoms with Gasteiger partial charge in [-0.25, -0.2) is 4.98 Å². The van der Waals surface area contributed by atoms with Gasteiger partial charge >= 0.3 is 0 Å². The number of likely N-dealkylation sites (tertiary alicyclic amines) is 1. The number of nitrogens with one attached hydrogen (secondary N) is 1. The van der Waals surface area contributed by atoms with Crippen molar-refractivity contribution in [1.82, 2.24) is 19.8 Å². The van der Waals surface area contributed by atoms with Crippen molar-refractivity contribution in [3.05, 3.63) is 18.2 Å². The SMILES string of the molecule is NC(=O)[C@@H]1CCCN1C(=O)[C@@H](N)Cc1cn(C(=O)C2CSCC(=O)N2)cn1. The third-order valence-electron chi connectivity index (χ3n) is 4.65. The summed E-state index contributed by atoms with van der Waals surface area (Å²) in [6.07, 6.45) is 4.24. The molecule has 27 heavy (non-hydrogen) atoms. The molecule has 5 N–H and O–H groups in total. The molecule has 2 aliphatic rings. The highest BCUT2D eigenvalue weighted by Gasteiger charge is 2.35. The summed E-state index contributed by atoms with van der Waals surface area (Å²) in [6.45, 7) is 0.451. The van der Waals surface area contributed by atoms with Crippen molar-refractivity contribution < 1.29 is 19.2 Å². The van der Waals surface area contributed by atoms with Crippen molar-refractivity contribution in [3.8, 4) is 0 Å². The van der Waals surface area contributed by atoms with E-state index in [0.717, 1.165) is 0 Å². The zero-order chi connectivity index (χ0) is 19.6. The first-order valence-corrected chi connectivity index (χ1v) is 9.82. The molecule has 2 aliphatic heterocycles. The molecule has 2 fully saturated rings. The van der Waals surface area contributed by atoms with Gasteiger partial charge in [0.15, 0.2) is 0 Å². The van der Waals surface area contributed by atoms with E-state index in [1.807, 2.05) is 0 Å². The quantitative estimate of drug-likeness (QED) is 0.527. The number of rotatable bonds is 5. The Kier molecular flexibility index (Phi) is 5.80. The van der Waals surface area contributed by atoms with Crippen LogP contribution in [0, 0.1) is 0 Å². The normalized spacial score (nSPS) is 23.7. The maximum absolute atomic E-state index is 12.5. The van der Waals surface area contributed by atoms with Crippen LogP contribution in [0.4, 0.5) is 0 Å². The Morgan fingerprint density at radius 2 is 2.19 bits per heavy atom. The number of hydrogen-bond donors (Lipinski definition) is 3. The van der Waals surface area contributed by atoms with E-state index < -0.39 is 24.0 Å². The Morgan fingerprint density at radius 1 is 1.41 bits per heavy atom. The topological polar surface area (TPSA) is 153 Å². The van der Waals surface area contributed by atoms with Crippen molar-refractivity contribution in [2.75, 3.05) is 18.1 Å². The monoisotopic (exact) mass is 394 g/mol. The number of carbonyl (C=O) groups is 4. The number of hydrogen-bond acceptors (Lipinski definition) is 7. The van der Waals surface area contributed by atoms with Gasteiger partial charge in [0.05, 0.1) is 17.5 Å². The fraction of sp³-hybridized carbons (Fsp3) is 0.562. The summed E-state index contributed by atoms with van der Waals surface area (Å²) in [6, 6.07) is -2.10. The molecule has 3 atom stereocenters. The molecule has 3 heterocycles. The maximum Gasteiger partial charge on any atom is 0.255 e. The number of imidazole rings is 1. The van der Waals surface area contributed by atoms with Crippen LogP contribution >= 0.6 is 11.8 Å². The minimum atomic E-state index is -0.881. The molecular formula is C16H22N6O4S. The van der Waals surface area contributed by atoms with Crippen LogP contribution in [0.2, 0.25) is 0 Å². The zero-order valence-corrected chi connectivity index (χ0v) is 15.5. The average molecular weight is 394 g/mol. The van der Waals surface area contributed by atoms with Gasteiger partial charge in [-0.05, 0) is 12.8 Å². The second-order valence-electron chi connectivity index (χ2n) is 6.65. The van der Waals surface area contributed by atoms with Crippen LogP contribution in [-0.4, -0.2) is 74.3 Å². The van der Waals surface area contributed by atoms with E-state index in [9.17, 15) is 19.2 Å². The van der Waals surface area contributed by atoms with Crippen molar-refractivity contribution >= 4 is 35.4 Å². The number of thioether (sulfide) groups is 1. The molecule has 3 amide bonds. The van der Waals surface area contributed by atoms with Crippen molar-refractivity contribution in [2.45, 2.75) is 37.4 Å². The van der Waals surface area contributed by atoms with Crippen LogP contribution in [0.25, 0.3) is 0 Å². The molecule has 2 saturated heterocycles. The van der Waals surface area contributed by atoms with Crippen LogP contribution in [0.15, 0.2) is 12.5 Å². The lowest BCUT2D eigenvalue weighted by atomic mass is 10.1. The van der Waals surface area contributed by atoms with Gasteiger partial charge < -0.3 is 21.7 Å². The summed E-state index contributed by atoms with van der Waals surface area (Å²) >= 11 is 1.40. The molecule has 11 heteroatoms. The van der Waals surface area contributed by atoms with Crippen LogP contribution in [0.5, 0.6) is 0 Å². The van der Waals surface area contributed by atoms with Crippen molar-refractivity contribution in [3.63, 3.8) is 0 Å². The van der Waals surface area contributed by atoms with E-state index in [0.29, 0.717) is 36.6 Å². The van der Waals surface area contributed by atoms with Gasteiger partial charge in [0, 0.05) is 24.9 Å². The van der Waals surface area contributed by atoms with Crippen molar-refractivity contribution in [2.24, 2.45) is 11.5 Å². The van der Waals surface area contributed by atoms with E-state index in [1.54, 1.807) is 0 Å². The number of nitrogens with two attached hydrogens (primary N) is 2. The Bertz CT molecular complexity index is 766. The predicted molar refractivity (Wildman–Crippen MR) is 97.7 cm³/mol. The lowest BCUT2D eigenvalue weighted by Gasteiger charge is -2.25. The summed E-state index contributed by atoms with van der Waals surface area (Å²) in [7, 11) is 0. The molecule has 0 bridgehead atoms. The van der Waals surface area contributed by atoms with E-state index in [-0.39, 0.29) is 24.1 Å². The van der Waals surface area contributed by atoms with Gasteiger partial charge in [0.1, 0.15) is 18.4 Å². The number of primary amides is 1. The molecule has 0 aliphatic carbocycles. The van der Waals surface area contributed by atoms with Crippen molar-refractivity contribution in [1.29, 1.82) is 0 Å². The van der Waals surface area contributed by atoms with Gasteiger partial charge in [-0.2, -0.15) is 0 Å². The van der Waals surface area contributed by atoms with Crippen LogP contribution in [0.1, 0.15) is 23.3 Å². The van der Waals surface area contributed by atoms with Crippen LogP contribution in [0.3, 0.4) is 0 Å². The molecule has 1 aromatic rings. The first kappa shape index (κ1) is 19.4. The fourth-order valence-electron chi connectivity index (χ4n) is 3.30. The molecule has 0 radical (unpaired) electrons. The third kappa shape index (κ3) is 4.30. The molecule has 10 nitrogen and oxygen atoms in total. The average Bonchev–Trinajstić information content (AvgIpc) is 3.30. The number of nitrogens with zero attached hydrogens (tertiary/aromatic N) is 3. The number of aromatic nitrogens is 2. The van der Waals surface area contributed by atoms with Gasteiger partial charge in [0.2, 0.25) is 17.7 Å². The summed E-state index contributed by atoms with van der Waals surface area (Å²) in [5.41, 5.74) is 11.8. The summed E-state index contributed by atoms with van der Waals surface area (Å²) < 4.78 is 1.30. The summed E-state index contributed by atoms with van der Waals surface area (Å²) in [5.74, 6) is -0.503. The highest BCUT2D eigenvalue weighted by Crippen LogP contribution is 2.18. The first-order chi connectivity index (χ1) is 12.9. The molecule has 1 unspecified atom stereocenters. The lowest BCUT2D eigenvalue weighted by molar-refractivity contribution is -0.138. The maximum atomic E-state index is 12.5. The Hall–Kier alpha value is -2.40. The number of carbonyl (C=O) groups excluding carboxylic acids is 4. The molecule has 3 rings (SSSR count). The van der Waals surface area contributed by atoms with E-state index >= 15 is 0 Å². The smallest absolute Gasteiger partial charge is 0.255 e. The lowest BCUT2D eigenvalue weighted by Crippen LogP contribution is -2.50. The number of amides is 3. The Balaban J connectivity index is 1.61. The molecule has 0 saturated carbocycles. The minimum absolute atomic E-state index is 0.132. The second-order valence-corrected chi connectivity index (χ2v) is 7.68. The molecular weight excluding hydrogens is 372 g/mol. The Labute approximate surface area is 160 Å². The summed E-state index contributed by atoms with van der Waals surface area (Å²) in [4.78, 5) is 53.4. The van der Waals surface area contributed by atoms with Gasteiger partial charge in [-0.1, -0.05) is 0 Å². The highest BCUT2D eigenvalue weighted by molar-refractivity contribution is 8.00. The highest BCUT2D eigenvalue weighted by atomic mass is 32.2.